The van der Waals surface area contributed by atoms with E-state index in [1.165, 1.54) is 36.9 Å². The van der Waals surface area contributed by atoms with E-state index >= 15 is 0 Å². The number of anilines is 1. The summed E-state index contributed by atoms with van der Waals surface area (Å²) in [6.45, 7) is 8.96. The van der Waals surface area contributed by atoms with Crippen LogP contribution in [0.5, 0.6) is 0 Å². The summed E-state index contributed by atoms with van der Waals surface area (Å²) in [6, 6.07) is 8.63. The average molecular weight is 403 g/mol. The fraction of sp³-hybridized carbons (Fsp3) is 0.696. The molecule has 3 rings (SSSR count). The third kappa shape index (κ3) is 6.34. The van der Waals surface area contributed by atoms with Crippen molar-refractivity contribution in [2.75, 3.05) is 58.0 Å². The summed E-state index contributed by atoms with van der Waals surface area (Å²) in [5, 5.41) is 7.12. The molecule has 2 aliphatic rings. The van der Waals surface area contributed by atoms with Crippen LogP contribution in [0, 0.1) is 5.41 Å². The van der Waals surface area contributed by atoms with E-state index in [1.54, 1.807) is 0 Å². The zero-order valence-electron chi connectivity index (χ0n) is 18.2. The van der Waals surface area contributed by atoms with E-state index in [4.69, 9.17) is 9.47 Å². The smallest absolute Gasteiger partial charge is 0.191 e. The lowest BCUT2D eigenvalue weighted by atomic mass is 9.83. The highest BCUT2D eigenvalue weighted by molar-refractivity contribution is 5.79. The van der Waals surface area contributed by atoms with Gasteiger partial charge < -0.3 is 25.0 Å². The number of para-hydroxylation sites is 1. The van der Waals surface area contributed by atoms with Gasteiger partial charge in [-0.25, -0.2) is 0 Å². The molecule has 2 fully saturated rings. The number of aliphatic imine (C=N–C) groups is 1. The Bertz CT molecular complexity index is 638. The van der Waals surface area contributed by atoms with Gasteiger partial charge in [0.15, 0.2) is 5.96 Å². The van der Waals surface area contributed by atoms with Crippen LogP contribution in [0.25, 0.3) is 0 Å². The zero-order valence-corrected chi connectivity index (χ0v) is 18.2. The molecule has 0 aromatic heterocycles. The molecule has 6 heteroatoms. The lowest BCUT2D eigenvalue weighted by Gasteiger charge is -2.31. The number of nitrogens with zero attached hydrogens (tertiary/aromatic N) is 2. The SMILES string of the molecule is CCOCCC1(CNC(=NC)NCc2ccccc2N2CCOCC2)CCCC1. The van der Waals surface area contributed by atoms with Crippen molar-refractivity contribution < 1.29 is 9.47 Å². The Hall–Kier alpha value is -1.79. The van der Waals surface area contributed by atoms with Gasteiger partial charge in [0.25, 0.3) is 0 Å². The Kier molecular flexibility index (Phi) is 8.62. The highest BCUT2D eigenvalue weighted by Crippen LogP contribution is 2.40. The molecule has 0 amide bonds. The maximum atomic E-state index is 5.64. The van der Waals surface area contributed by atoms with E-state index in [1.807, 2.05) is 7.05 Å². The molecule has 1 aliphatic carbocycles. The average Bonchev–Trinajstić information content (AvgIpc) is 3.24. The van der Waals surface area contributed by atoms with Crippen LogP contribution < -0.4 is 15.5 Å². The number of nitrogens with one attached hydrogen (secondary N) is 2. The molecule has 0 atom stereocenters. The first kappa shape index (κ1) is 21.9. The molecular formula is C23H38N4O2. The topological polar surface area (TPSA) is 58.1 Å². The molecule has 1 saturated heterocycles. The minimum atomic E-state index is 0.346. The maximum Gasteiger partial charge on any atom is 0.191 e. The second-order valence-electron chi connectivity index (χ2n) is 8.16. The van der Waals surface area contributed by atoms with Crippen LogP contribution in [0.4, 0.5) is 5.69 Å². The van der Waals surface area contributed by atoms with Gasteiger partial charge in [-0.05, 0) is 43.2 Å². The molecule has 2 N–H and O–H groups in total. The normalized spacial score (nSPS) is 19.4. The van der Waals surface area contributed by atoms with Gasteiger partial charge in [0, 0.05) is 52.1 Å². The lowest BCUT2D eigenvalue weighted by molar-refractivity contribution is 0.105. The van der Waals surface area contributed by atoms with Gasteiger partial charge in [-0.3, -0.25) is 4.99 Å². The van der Waals surface area contributed by atoms with Crippen molar-refractivity contribution in [2.45, 2.75) is 45.6 Å². The minimum absolute atomic E-state index is 0.346. The van der Waals surface area contributed by atoms with Gasteiger partial charge in [-0.2, -0.15) is 0 Å². The minimum Gasteiger partial charge on any atom is -0.382 e. The predicted octanol–water partition coefficient (Wildman–Crippen LogP) is 3.18. The van der Waals surface area contributed by atoms with Crippen LogP contribution >= 0.6 is 0 Å². The third-order valence-corrected chi connectivity index (χ3v) is 6.29. The van der Waals surface area contributed by atoms with Crippen molar-refractivity contribution in [1.29, 1.82) is 0 Å². The second kappa shape index (κ2) is 11.4. The summed E-state index contributed by atoms with van der Waals surface area (Å²) in [5.74, 6) is 0.879. The van der Waals surface area contributed by atoms with Gasteiger partial charge in [0.05, 0.1) is 13.2 Å². The van der Waals surface area contributed by atoms with Crippen LogP contribution in [-0.4, -0.2) is 59.1 Å². The molecule has 1 aromatic carbocycles. The van der Waals surface area contributed by atoms with Crippen LogP contribution in [0.1, 0.15) is 44.6 Å². The molecule has 162 valence electrons. The fourth-order valence-electron chi connectivity index (χ4n) is 4.52. The van der Waals surface area contributed by atoms with Gasteiger partial charge >= 0.3 is 0 Å². The van der Waals surface area contributed by atoms with Crippen LogP contribution in [0.15, 0.2) is 29.3 Å². The first-order valence-corrected chi connectivity index (χ1v) is 11.2. The molecular weight excluding hydrogens is 364 g/mol. The van der Waals surface area contributed by atoms with E-state index in [9.17, 15) is 0 Å². The first-order valence-electron chi connectivity index (χ1n) is 11.2. The molecule has 6 nitrogen and oxygen atoms in total. The van der Waals surface area contributed by atoms with Gasteiger partial charge in [-0.15, -0.1) is 0 Å². The van der Waals surface area contributed by atoms with E-state index < -0.39 is 0 Å². The van der Waals surface area contributed by atoms with Crippen molar-refractivity contribution >= 4 is 11.6 Å². The summed E-state index contributed by atoms with van der Waals surface area (Å²) >= 11 is 0. The standard InChI is InChI=1S/C23H38N4O2/c1-3-28-15-12-23(10-6-7-11-23)19-26-22(24-2)25-18-20-8-4-5-9-21(20)27-13-16-29-17-14-27/h4-5,8-9H,3,6-7,10-19H2,1-2H3,(H2,24,25,26). The molecule has 1 aliphatic heterocycles. The monoisotopic (exact) mass is 402 g/mol. The van der Waals surface area contributed by atoms with E-state index in [-0.39, 0.29) is 0 Å². The van der Waals surface area contributed by atoms with Gasteiger partial charge in [0.1, 0.15) is 0 Å². The second-order valence-corrected chi connectivity index (χ2v) is 8.16. The Morgan fingerprint density at radius 3 is 2.66 bits per heavy atom. The number of morpholine rings is 1. The summed E-state index contributed by atoms with van der Waals surface area (Å²) < 4.78 is 11.1. The zero-order chi connectivity index (χ0) is 20.4. The highest BCUT2D eigenvalue weighted by atomic mass is 16.5. The van der Waals surface area contributed by atoms with Crippen LogP contribution in [-0.2, 0) is 16.0 Å². The highest BCUT2D eigenvalue weighted by Gasteiger charge is 2.33. The predicted molar refractivity (Wildman–Crippen MR) is 120 cm³/mol. The Morgan fingerprint density at radius 1 is 1.17 bits per heavy atom. The van der Waals surface area contributed by atoms with Crippen molar-refractivity contribution in [2.24, 2.45) is 10.4 Å². The Morgan fingerprint density at radius 2 is 1.93 bits per heavy atom. The summed E-state index contributed by atoms with van der Waals surface area (Å²) in [4.78, 5) is 6.88. The van der Waals surface area contributed by atoms with Crippen LogP contribution in [0.2, 0.25) is 0 Å². The Balaban J connectivity index is 1.54. The van der Waals surface area contributed by atoms with Crippen LogP contribution in [0.3, 0.4) is 0 Å². The quantitative estimate of drug-likeness (QED) is 0.377. The van der Waals surface area contributed by atoms with Crippen molar-refractivity contribution in [1.82, 2.24) is 10.6 Å². The van der Waals surface area contributed by atoms with E-state index in [0.717, 1.165) is 65.0 Å². The first-order chi connectivity index (χ1) is 14.3. The lowest BCUT2D eigenvalue weighted by Crippen LogP contribution is -2.43. The molecule has 0 unspecified atom stereocenters. The number of guanidine groups is 1. The number of hydrogen-bond acceptors (Lipinski definition) is 4. The molecule has 0 radical (unpaired) electrons. The van der Waals surface area contributed by atoms with Gasteiger partial charge in [-0.1, -0.05) is 31.0 Å². The molecule has 1 heterocycles. The number of rotatable bonds is 9. The molecule has 0 bridgehead atoms. The summed E-state index contributed by atoms with van der Waals surface area (Å²) in [7, 11) is 1.85. The molecule has 1 saturated carbocycles. The van der Waals surface area contributed by atoms with Crippen molar-refractivity contribution in [3.63, 3.8) is 0 Å². The van der Waals surface area contributed by atoms with Gasteiger partial charge in [0.2, 0.25) is 0 Å². The third-order valence-electron chi connectivity index (χ3n) is 6.29. The number of hydrogen-bond donors (Lipinski definition) is 2. The number of ether oxygens (including phenoxy) is 2. The maximum absolute atomic E-state index is 5.64. The van der Waals surface area contributed by atoms with E-state index in [0.29, 0.717) is 5.41 Å². The summed E-state index contributed by atoms with van der Waals surface area (Å²) in [5.41, 5.74) is 2.94. The number of benzene rings is 1. The molecule has 29 heavy (non-hydrogen) atoms. The largest absolute Gasteiger partial charge is 0.382 e. The fourth-order valence-corrected chi connectivity index (χ4v) is 4.52. The Labute approximate surface area is 176 Å². The molecule has 1 aromatic rings. The van der Waals surface area contributed by atoms with Crippen molar-refractivity contribution in [3.8, 4) is 0 Å². The van der Waals surface area contributed by atoms with E-state index in [2.05, 4.69) is 51.7 Å². The summed E-state index contributed by atoms with van der Waals surface area (Å²) in [6.07, 6.45) is 6.35. The molecule has 0 spiro atoms. The van der Waals surface area contributed by atoms with Crippen molar-refractivity contribution in [3.05, 3.63) is 29.8 Å².